The lowest BCUT2D eigenvalue weighted by atomic mass is 9.91. The molecule has 0 saturated carbocycles. The maximum atomic E-state index is 5.74. The van der Waals surface area contributed by atoms with Crippen molar-refractivity contribution < 1.29 is 9.47 Å². The number of fused-ring (bicyclic) bond motifs is 3. The van der Waals surface area contributed by atoms with Crippen LogP contribution in [0, 0.1) is 0 Å². The van der Waals surface area contributed by atoms with Gasteiger partial charge in [0.25, 0.3) is 0 Å². The van der Waals surface area contributed by atoms with Gasteiger partial charge in [-0.25, -0.2) is 0 Å². The van der Waals surface area contributed by atoms with Gasteiger partial charge in [0.05, 0.1) is 0 Å². The van der Waals surface area contributed by atoms with Crippen molar-refractivity contribution in [3.05, 3.63) is 59.2 Å². The third-order valence-corrected chi connectivity index (χ3v) is 5.39. The maximum Gasteiger partial charge on any atom is 0.231 e. The molecule has 4 rings (SSSR count). The highest BCUT2D eigenvalue weighted by Gasteiger charge is 2.31. The number of benzene rings is 2. The molecule has 148 valence electrons. The van der Waals surface area contributed by atoms with E-state index in [1.165, 1.54) is 16.7 Å². The van der Waals surface area contributed by atoms with Crippen molar-refractivity contribution in [1.82, 2.24) is 9.80 Å². The molecule has 0 radical (unpaired) electrons. The minimum Gasteiger partial charge on any atom is -0.454 e. The molecule has 0 aliphatic carbocycles. The first kappa shape index (κ1) is 21.8. The minimum absolute atomic E-state index is 0. The number of likely N-dealkylation sites (N-methyl/N-ethyl adjacent to an activating group) is 2. The molecule has 27 heavy (non-hydrogen) atoms. The molecule has 4 nitrogen and oxygen atoms in total. The molecular weight excluding hydrogens is 383 g/mol. The van der Waals surface area contributed by atoms with Gasteiger partial charge in [-0.2, -0.15) is 0 Å². The first-order chi connectivity index (χ1) is 12.2. The van der Waals surface area contributed by atoms with E-state index in [9.17, 15) is 0 Å². The second-order valence-corrected chi connectivity index (χ2v) is 7.11. The summed E-state index contributed by atoms with van der Waals surface area (Å²) in [5.74, 6) is 1.88. The molecule has 0 fully saturated rings. The first-order valence-electron chi connectivity index (χ1n) is 9.06. The third kappa shape index (κ3) is 4.69. The molecule has 0 aromatic heterocycles. The van der Waals surface area contributed by atoms with E-state index in [4.69, 9.17) is 9.47 Å². The molecule has 2 heterocycles. The van der Waals surface area contributed by atoms with E-state index >= 15 is 0 Å². The van der Waals surface area contributed by atoms with Crippen LogP contribution in [0.25, 0.3) is 0 Å². The Morgan fingerprint density at radius 2 is 1.85 bits per heavy atom. The fourth-order valence-corrected chi connectivity index (χ4v) is 3.89. The van der Waals surface area contributed by atoms with Crippen LogP contribution in [-0.2, 0) is 12.8 Å². The number of hydrogen-bond acceptors (Lipinski definition) is 4. The molecule has 0 amide bonds. The van der Waals surface area contributed by atoms with E-state index in [-0.39, 0.29) is 24.8 Å². The molecule has 2 aliphatic rings. The van der Waals surface area contributed by atoms with Crippen LogP contribution >= 0.6 is 24.8 Å². The predicted octanol–water partition coefficient (Wildman–Crippen LogP) is 3.96. The average Bonchev–Trinajstić information content (AvgIpc) is 3.12. The lowest BCUT2D eigenvalue weighted by Crippen LogP contribution is -2.39. The number of nitrogens with zero attached hydrogens (tertiary/aromatic N) is 2. The lowest BCUT2D eigenvalue weighted by Gasteiger charge is -2.37. The summed E-state index contributed by atoms with van der Waals surface area (Å²) < 4.78 is 11.3. The number of rotatable bonds is 5. The Bertz CT molecular complexity index is 742. The summed E-state index contributed by atoms with van der Waals surface area (Å²) in [5.41, 5.74) is 4.13. The van der Waals surface area contributed by atoms with Crippen molar-refractivity contribution in [2.24, 2.45) is 0 Å². The van der Waals surface area contributed by atoms with Crippen LogP contribution in [-0.4, -0.2) is 50.3 Å². The van der Waals surface area contributed by atoms with Gasteiger partial charge in [-0.15, -0.1) is 24.8 Å². The Morgan fingerprint density at radius 3 is 2.63 bits per heavy atom. The Balaban J connectivity index is 0.00000131. The highest BCUT2D eigenvalue weighted by Crippen LogP contribution is 2.42. The van der Waals surface area contributed by atoms with Gasteiger partial charge in [-0.1, -0.05) is 36.4 Å². The Hall–Kier alpha value is -1.46. The van der Waals surface area contributed by atoms with Crippen molar-refractivity contribution in [1.29, 1.82) is 0 Å². The molecule has 0 N–H and O–H groups in total. The van der Waals surface area contributed by atoms with E-state index in [2.05, 4.69) is 66.4 Å². The smallest absolute Gasteiger partial charge is 0.231 e. The topological polar surface area (TPSA) is 24.9 Å². The lowest BCUT2D eigenvalue weighted by molar-refractivity contribution is 0.164. The van der Waals surface area contributed by atoms with E-state index in [1.54, 1.807) is 0 Å². The Labute approximate surface area is 174 Å². The molecule has 6 heteroatoms. The third-order valence-electron chi connectivity index (χ3n) is 5.39. The van der Waals surface area contributed by atoms with Crippen LogP contribution in [0.3, 0.4) is 0 Å². The molecule has 0 saturated heterocycles. The fraction of sp³-hybridized carbons (Fsp3) is 0.429. The highest BCUT2D eigenvalue weighted by atomic mass is 35.5. The van der Waals surface area contributed by atoms with Gasteiger partial charge in [-0.3, -0.25) is 4.90 Å². The van der Waals surface area contributed by atoms with Crippen molar-refractivity contribution in [3.8, 4) is 11.5 Å². The van der Waals surface area contributed by atoms with Crippen molar-refractivity contribution in [2.75, 3.05) is 40.5 Å². The zero-order chi connectivity index (χ0) is 17.2. The summed E-state index contributed by atoms with van der Waals surface area (Å²) in [6.45, 7) is 3.50. The standard InChI is InChI=1S/C21H26N2O2.2ClH/c1-22(12-10-16-6-4-3-5-7-16)14-19-17-8-9-20-21(25-15-24-20)18(17)11-13-23(19)2;;/h3-9,19H,10-15H2,1-2H3;2*1H. The number of hydrogen-bond donors (Lipinski definition) is 0. The van der Waals surface area contributed by atoms with Gasteiger partial charge in [0.1, 0.15) is 0 Å². The minimum atomic E-state index is 0. The van der Waals surface area contributed by atoms with Crippen LogP contribution in [0.5, 0.6) is 11.5 Å². The summed E-state index contributed by atoms with van der Waals surface area (Å²) >= 11 is 0. The summed E-state index contributed by atoms with van der Waals surface area (Å²) in [5, 5.41) is 0. The SMILES string of the molecule is CN(CCc1ccccc1)CC1c2ccc3c(c2CCN1C)OCO3.Cl.Cl. The van der Waals surface area contributed by atoms with Gasteiger partial charge in [0, 0.05) is 31.2 Å². The van der Waals surface area contributed by atoms with Gasteiger partial charge < -0.3 is 14.4 Å². The quantitative estimate of drug-likeness (QED) is 0.744. The zero-order valence-corrected chi connectivity index (χ0v) is 17.5. The van der Waals surface area contributed by atoms with Crippen LogP contribution in [0.15, 0.2) is 42.5 Å². The van der Waals surface area contributed by atoms with Gasteiger partial charge in [0.15, 0.2) is 11.5 Å². The van der Waals surface area contributed by atoms with Gasteiger partial charge in [0.2, 0.25) is 6.79 Å². The molecule has 1 unspecified atom stereocenters. The monoisotopic (exact) mass is 410 g/mol. The summed E-state index contributed by atoms with van der Waals surface area (Å²) in [7, 11) is 4.45. The number of halogens is 2. The Kier molecular flexibility index (Phi) is 7.80. The molecule has 2 aromatic rings. The van der Waals surface area contributed by atoms with Crippen molar-refractivity contribution >= 4 is 24.8 Å². The fourth-order valence-electron chi connectivity index (χ4n) is 3.89. The van der Waals surface area contributed by atoms with Crippen LogP contribution in [0.4, 0.5) is 0 Å². The van der Waals surface area contributed by atoms with Gasteiger partial charge >= 0.3 is 0 Å². The summed E-state index contributed by atoms with van der Waals surface area (Å²) in [4.78, 5) is 4.90. The summed E-state index contributed by atoms with van der Waals surface area (Å²) in [6, 6.07) is 15.4. The maximum absolute atomic E-state index is 5.74. The van der Waals surface area contributed by atoms with Crippen molar-refractivity contribution in [2.45, 2.75) is 18.9 Å². The molecule has 2 aromatic carbocycles. The first-order valence-corrected chi connectivity index (χ1v) is 9.06. The Morgan fingerprint density at radius 1 is 1.07 bits per heavy atom. The molecule has 1 atom stereocenters. The van der Waals surface area contributed by atoms with Crippen LogP contribution in [0.1, 0.15) is 22.7 Å². The second-order valence-electron chi connectivity index (χ2n) is 7.11. The van der Waals surface area contributed by atoms with E-state index in [0.717, 1.165) is 44.0 Å². The van der Waals surface area contributed by atoms with Crippen LogP contribution in [0.2, 0.25) is 0 Å². The molecule has 2 aliphatic heterocycles. The molecule has 0 spiro atoms. The highest BCUT2D eigenvalue weighted by molar-refractivity contribution is 5.85. The normalized spacial score (nSPS) is 17.8. The average molecular weight is 411 g/mol. The number of ether oxygens (including phenoxy) is 2. The molecule has 0 bridgehead atoms. The zero-order valence-electron chi connectivity index (χ0n) is 15.9. The summed E-state index contributed by atoms with van der Waals surface area (Å²) in [6.07, 6.45) is 2.12. The van der Waals surface area contributed by atoms with Gasteiger partial charge in [-0.05, 0) is 44.1 Å². The van der Waals surface area contributed by atoms with Crippen LogP contribution < -0.4 is 9.47 Å². The predicted molar refractivity (Wildman–Crippen MR) is 114 cm³/mol. The van der Waals surface area contributed by atoms with E-state index < -0.39 is 0 Å². The largest absolute Gasteiger partial charge is 0.454 e. The van der Waals surface area contributed by atoms with Crippen molar-refractivity contribution in [3.63, 3.8) is 0 Å². The van der Waals surface area contributed by atoms with E-state index in [1.807, 2.05) is 0 Å². The second kappa shape index (κ2) is 9.65. The molecular formula is C21H28Cl2N2O2. The van der Waals surface area contributed by atoms with E-state index in [0.29, 0.717) is 12.8 Å².